The first-order chi connectivity index (χ1) is 28.4. The van der Waals surface area contributed by atoms with Crippen LogP contribution in [-0.4, -0.2) is 18.9 Å². The molecule has 5 nitrogen and oxygen atoms in total. The molecule has 14 rings (SSSR count). The highest BCUT2D eigenvalue weighted by Gasteiger charge is 2.66. The van der Waals surface area contributed by atoms with Crippen molar-refractivity contribution < 1.29 is 40.1 Å². The fraction of sp³-hybridized carbons (Fsp3) is 0.735. The van der Waals surface area contributed by atoms with Crippen LogP contribution in [0.4, 0.5) is 17.6 Å². The fourth-order valence-electron chi connectivity index (χ4n) is 20.6. The minimum atomic E-state index is -5.67. The van der Waals surface area contributed by atoms with Gasteiger partial charge in [-0.05, 0) is 237 Å². The SMILES string of the molecule is O=C(Oc1c(F)c(F)c(S(=O)(=O)O)c(F)c1F)c1c(C2CC3CC2C2C4CCC(C4)C32)cc(C2CC3CC2C2C4CCC(C4)C32)cc1C1CC2CC1C1C3CCC(C3)C21. The Morgan fingerprint density at radius 1 is 0.508 bits per heavy atom. The van der Waals surface area contributed by atoms with E-state index in [9.17, 15) is 13.0 Å². The van der Waals surface area contributed by atoms with Crippen LogP contribution < -0.4 is 4.74 Å². The lowest BCUT2D eigenvalue weighted by Crippen LogP contribution is -2.35. The van der Waals surface area contributed by atoms with Gasteiger partial charge in [0.1, 0.15) is 0 Å². The molecule has 1 N–H and O–H groups in total. The maximum absolute atomic E-state index is 15.7. The maximum atomic E-state index is 15.7. The number of fused-ring (bicyclic) bond motifs is 27. The Balaban J connectivity index is 0.932. The molecule has 12 saturated carbocycles. The molecule has 21 atom stereocenters. The Bertz CT molecular complexity index is 2240. The van der Waals surface area contributed by atoms with E-state index in [1.165, 1.54) is 76.2 Å². The van der Waals surface area contributed by atoms with Crippen LogP contribution in [0.1, 0.15) is 141 Å². The molecule has 21 unspecified atom stereocenters. The summed E-state index contributed by atoms with van der Waals surface area (Å²) in [5.41, 5.74) is 3.56. The summed E-state index contributed by atoms with van der Waals surface area (Å²) in [7, 11) is -5.67. The third kappa shape index (κ3) is 4.58. The predicted molar refractivity (Wildman–Crippen MR) is 208 cm³/mol. The second kappa shape index (κ2) is 12.0. The van der Waals surface area contributed by atoms with Crippen LogP contribution in [-0.2, 0) is 10.1 Å². The smallest absolute Gasteiger partial charge is 0.344 e. The Morgan fingerprint density at radius 2 is 0.881 bits per heavy atom. The molecule has 12 aliphatic rings. The summed E-state index contributed by atoms with van der Waals surface area (Å²) >= 11 is 0. The Morgan fingerprint density at radius 3 is 1.29 bits per heavy atom. The molecule has 0 aliphatic heterocycles. The zero-order valence-corrected chi connectivity index (χ0v) is 34.2. The molecular formula is C49H54F4O5S. The Kier molecular flexibility index (Phi) is 7.31. The molecule has 2 aromatic carbocycles. The molecule has 0 aromatic heterocycles. The van der Waals surface area contributed by atoms with Crippen molar-refractivity contribution in [3.05, 3.63) is 57.7 Å². The standard InChI is InChI=1S/C49H54F4O5S/c50-43-45(52)48(59(55,56)57)46(53)44(51)47(43)58-49(54)42-34(29-13-26-16-32(29)40-22-5-2-19(8-22)37(26)40)10-24(28-12-25-15-31(28)39-21-4-1-18(7-21)36(25)39)11-35(42)30-14-27-17-33(30)41-23-6-3-20(9-23)38(27)41/h10-11,18-23,25-33,36-41H,1-9,12-17H2,(H,55,56,57). The zero-order valence-electron chi connectivity index (χ0n) is 33.4. The molecule has 59 heavy (non-hydrogen) atoms. The van der Waals surface area contributed by atoms with Gasteiger partial charge < -0.3 is 4.74 Å². The van der Waals surface area contributed by atoms with E-state index in [4.69, 9.17) is 4.74 Å². The number of esters is 1. The first-order valence-electron chi connectivity index (χ1n) is 23.7. The van der Waals surface area contributed by atoms with Crippen LogP contribution in [0, 0.1) is 130 Å². The fourth-order valence-corrected chi connectivity index (χ4v) is 21.2. The minimum Gasteiger partial charge on any atom is -0.416 e. The van der Waals surface area contributed by atoms with Crippen molar-refractivity contribution in [1.82, 2.24) is 0 Å². The van der Waals surface area contributed by atoms with E-state index in [1.54, 1.807) is 0 Å². The van der Waals surface area contributed by atoms with Gasteiger partial charge in [-0.3, -0.25) is 4.55 Å². The van der Waals surface area contributed by atoms with Gasteiger partial charge in [0, 0.05) is 0 Å². The molecular weight excluding hydrogens is 777 g/mol. The average molecular weight is 831 g/mol. The Hall–Kier alpha value is -2.46. The van der Waals surface area contributed by atoms with Crippen LogP contribution in [0.2, 0.25) is 0 Å². The van der Waals surface area contributed by atoms with Crippen molar-refractivity contribution in [3.8, 4) is 5.75 Å². The summed E-state index contributed by atoms with van der Waals surface area (Å²) in [6.07, 6.45) is 18.6. The van der Waals surface area contributed by atoms with Crippen molar-refractivity contribution in [3.63, 3.8) is 0 Å². The van der Waals surface area contributed by atoms with Crippen LogP contribution >= 0.6 is 0 Å². The summed E-state index contributed by atoms with van der Waals surface area (Å²) in [6.45, 7) is 0. The van der Waals surface area contributed by atoms with Crippen LogP contribution in [0.3, 0.4) is 0 Å². The van der Waals surface area contributed by atoms with Gasteiger partial charge in [-0.15, -0.1) is 0 Å². The number of carbonyl (C=O) groups excluding carboxylic acids is 1. The highest BCUT2D eigenvalue weighted by molar-refractivity contribution is 7.85. The van der Waals surface area contributed by atoms with Gasteiger partial charge in [0.15, 0.2) is 16.5 Å². The highest BCUT2D eigenvalue weighted by atomic mass is 32.2. The second-order valence-corrected chi connectivity index (χ2v) is 24.2. The Labute approximate surface area is 343 Å². The lowest BCUT2D eigenvalue weighted by molar-refractivity contribution is 0.0707. The normalized spacial score (nSPS) is 49.5. The number of ether oxygens (including phenoxy) is 1. The number of benzene rings is 2. The summed E-state index contributed by atoms with van der Waals surface area (Å²) in [5.74, 6) is 1.51. The molecule has 0 amide bonds. The van der Waals surface area contributed by atoms with E-state index in [0.29, 0.717) is 64.7 Å². The summed E-state index contributed by atoms with van der Waals surface area (Å²) in [4.78, 5) is 13.0. The molecule has 12 aliphatic carbocycles. The quantitative estimate of drug-likeness (QED) is 0.0783. The average Bonchev–Trinajstić information content (AvgIpc) is 4.08. The zero-order chi connectivity index (χ0) is 39.7. The van der Waals surface area contributed by atoms with E-state index in [-0.39, 0.29) is 11.8 Å². The molecule has 10 heteroatoms. The number of halogens is 4. The number of rotatable bonds is 6. The maximum Gasteiger partial charge on any atom is 0.344 e. The van der Waals surface area contributed by atoms with Gasteiger partial charge in [-0.25, -0.2) is 13.6 Å². The lowest BCUT2D eigenvalue weighted by atomic mass is 9.62. The molecule has 0 spiro atoms. The van der Waals surface area contributed by atoms with Crippen LogP contribution in [0.5, 0.6) is 5.75 Å². The van der Waals surface area contributed by atoms with Crippen LogP contribution in [0.25, 0.3) is 0 Å². The first-order valence-corrected chi connectivity index (χ1v) is 25.1. The molecule has 0 saturated heterocycles. The van der Waals surface area contributed by atoms with E-state index >= 15 is 22.4 Å². The summed E-state index contributed by atoms with van der Waals surface area (Å²) < 4.78 is 101. The van der Waals surface area contributed by atoms with Gasteiger partial charge in [0.05, 0.1) is 5.56 Å². The molecule has 12 fully saturated rings. The van der Waals surface area contributed by atoms with Crippen LogP contribution in [0.15, 0.2) is 17.0 Å². The van der Waals surface area contributed by atoms with E-state index in [0.717, 1.165) is 90.1 Å². The molecule has 314 valence electrons. The number of hydrogen-bond acceptors (Lipinski definition) is 4. The van der Waals surface area contributed by atoms with Gasteiger partial charge in [0.2, 0.25) is 17.4 Å². The monoisotopic (exact) mass is 830 g/mol. The van der Waals surface area contributed by atoms with Gasteiger partial charge >= 0.3 is 16.1 Å². The largest absolute Gasteiger partial charge is 0.416 e. The minimum absolute atomic E-state index is 0.0922. The molecule has 0 radical (unpaired) electrons. The second-order valence-electron chi connectivity index (χ2n) is 22.8. The van der Waals surface area contributed by atoms with Crippen molar-refractivity contribution in [2.45, 2.75) is 119 Å². The number of hydrogen-bond donors (Lipinski definition) is 1. The summed E-state index contributed by atoms with van der Waals surface area (Å²) in [5, 5.41) is 0. The highest BCUT2D eigenvalue weighted by Crippen LogP contribution is 2.74. The topological polar surface area (TPSA) is 80.7 Å². The molecule has 2 aromatic rings. The van der Waals surface area contributed by atoms with E-state index in [1.807, 2.05) is 0 Å². The predicted octanol–water partition coefficient (Wildman–Crippen LogP) is 11.1. The van der Waals surface area contributed by atoms with Crippen molar-refractivity contribution >= 4 is 16.1 Å². The van der Waals surface area contributed by atoms with E-state index in [2.05, 4.69) is 12.1 Å². The van der Waals surface area contributed by atoms with E-state index < -0.39 is 50.0 Å². The number of carbonyl (C=O) groups is 1. The van der Waals surface area contributed by atoms with Gasteiger partial charge in [-0.2, -0.15) is 17.2 Å². The molecule has 12 bridgehead atoms. The third-order valence-corrected chi connectivity index (χ3v) is 22.4. The lowest BCUT2D eigenvalue weighted by Gasteiger charge is -2.42. The van der Waals surface area contributed by atoms with Crippen molar-refractivity contribution in [2.75, 3.05) is 0 Å². The van der Waals surface area contributed by atoms with Crippen molar-refractivity contribution in [1.29, 1.82) is 0 Å². The van der Waals surface area contributed by atoms with Crippen molar-refractivity contribution in [2.24, 2.45) is 107 Å². The van der Waals surface area contributed by atoms with Gasteiger partial charge in [0.25, 0.3) is 0 Å². The third-order valence-electron chi connectivity index (χ3n) is 21.5. The van der Waals surface area contributed by atoms with Gasteiger partial charge in [-0.1, -0.05) is 12.1 Å². The first kappa shape index (κ1) is 36.1. The summed E-state index contributed by atoms with van der Waals surface area (Å²) in [6, 6.07) is 4.65. The molecule has 0 heterocycles.